The summed E-state index contributed by atoms with van der Waals surface area (Å²) in [5.41, 5.74) is 0. The highest BCUT2D eigenvalue weighted by molar-refractivity contribution is 5.90. The van der Waals surface area contributed by atoms with Crippen LogP contribution >= 0.6 is 0 Å². The number of rotatable bonds is 2. The molecule has 1 aromatic rings. The van der Waals surface area contributed by atoms with Crippen molar-refractivity contribution in [2.24, 2.45) is 0 Å². The number of furan rings is 1. The molecule has 3 rings (SSSR count). The second-order valence-corrected chi connectivity index (χ2v) is 5.19. The van der Waals surface area contributed by atoms with Crippen LogP contribution in [0, 0.1) is 0 Å². The van der Waals surface area contributed by atoms with Crippen molar-refractivity contribution in [3.05, 3.63) is 24.2 Å². The summed E-state index contributed by atoms with van der Waals surface area (Å²) in [5, 5.41) is 0. The molecule has 0 radical (unpaired) electrons. The Balaban J connectivity index is 1.78. The monoisotopic (exact) mass is 262 g/mol. The van der Waals surface area contributed by atoms with Crippen molar-refractivity contribution in [3.8, 4) is 0 Å². The molecule has 2 aliphatic heterocycles. The molecule has 0 aliphatic carbocycles. The second-order valence-electron chi connectivity index (χ2n) is 5.19. The summed E-state index contributed by atoms with van der Waals surface area (Å²) in [6.07, 6.45) is 4.85. The molecule has 1 atom stereocenters. The van der Waals surface area contributed by atoms with E-state index >= 15 is 0 Å². The first-order valence-electron chi connectivity index (χ1n) is 6.86. The molecule has 2 saturated heterocycles. The van der Waals surface area contributed by atoms with Gasteiger partial charge in [-0.2, -0.15) is 0 Å². The van der Waals surface area contributed by atoms with Gasteiger partial charge in [-0.1, -0.05) is 0 Å². The standard InChI is InChI=1S/C14H18N2O3/c17-13-6-8-15(10-11-4-3-9-19-11)14(18)12-5-1-2-7-16(12)13/h3-4,9,12H,1-2,5-8,10H2. The number of nitrogens with zero attached hydrogens (tertiary/aromatic N) is 2. The maximum absolute atomic E-state index is 12.5. The Morgan fingerprint density at radius 3 is 2.95 bits per heavy atom. The minimum Gasteiger partial charge on any atom is -0.467 e. The SMILES string of the molecule is O=C1C2CCCCN2C(=O)CCN1Cc1ccco1. The van der Waals surface area contributed by atoms with E-state index in [1.54, 1.807) is 16.1 Å². The fourth-order valence-electron chi connectivity index (χ4n) is 2.93. The largest absolute Gasteiger partial charge is 0.467 e. The highest BCUT2D eigenvalue weighted by Crippen LogP contribution is 2.23. The summed E-state index contributed by atoms with van der Waals surface area (Å²) in [6, 6.07) is 3.42. The maximum Gasteiger partial charge on any atom is 0.245 e. The van der Waals surface area contributed by atoms with E-state index in [2.05, 4.69) is 0 Å². The van der Waals surface area contributed by atoms with E-state index in [1.165, 1.54) is 0 Å². The number of hydrogen-bond acceptors (Lipinski definition) is 3. The van der Waals surface area contributed by atoms with E-state index < -0.39 is 0 Å². The van der Waals surface area contributed by atoms with Crippen LogP contribution in [-0.2, 0) is 16.1 Å². The Labute approximate surface area is 112 Å². The molecule has 5 nitrogen and oxygen atoms in total. The van der Waals surface area contributed by atoms with Gasteiger partial charge in [0.25, 0.3) is 0 Å². The topological polar surface area (TPSA) is 53.8 Å². The number of fused-ring (bicyclic) bond motifs is 1. The van der Waals surface area contributed by atoms with Gasteiger partial charge in [0.2, 0.25) is 11.8 Å². The number of hydrogen-bond donors (Lipinski definition) is 0. The molecule has 0 bridgehead atoms. The molecule has 0 spiro atoms. The highest BCUT2D eigenvalue weighted by Gasteiger charge is 2.37. The number of carbonyl (C=O) groups excluding carboxylic acids is 2. The number of piperidine rings is 1. The summed E-state index contributed by atoms with van der Waals surface area (Å²) >= 11 is 0. The average molecular weight is 262 g/mol. The van der Waals surface area contributed by atoms with E-state index in [4.69, 9.17) is 4.42 Å². The molecule has 1 unspecified atom stereocenters. The predicted molar refractivity (Wildman–Crippen MR) is 68.1 cm³/mol. The first-order chi connectivity index (χ1) is 9.25. The highest BCUT2D eigenvalue weighted by atomic mass is 16.3. The molecule has 102 valence electrons. The van der Waals surface area contributed by atoms with Gasteiger partial charge in [0, 0.05) is 19.5 Å². The second kappa shape index (κ2) is 5.07. The fraction of sp³-hybridized carbons (Fsp3) is 0.571. The minimum absolute atomic E-state index is 0.0713. The van der Waals surface area contributed by atoms with E-state index in [1.807, 2.05) is 12.1 Å². The quantitative estimate of drug-likeness (QED) is 0.809. The Hall–Kier alpha value is -1.78. The minimum atomic E-state index is -0.251. The van der Waals surface area contributed by atoms with Crippen molar-refractivity contribution >= 4 is 11.8 Å². The average Bonchev–Trinajstić information content (AvgIpc) is 2.91. The summed E-state index contributed by atoms with van der Waals surface area (Å²) in [6.45, 7) is 1.68. The molecular formula is C14H18N2O3. The third kappa shape index (κ3) is 2.37. The lowest BCUT2D eigenvalue weighted by molar-refractivity contribution is -0.143. The Morgan fingerprint density at radius 2 is 2.16 bits per heavy atom. The van der Waals surface area contributed by atoms with Crippen molar-refractivity contribution in [2.75, 3.05) is 13.1 Å². The first-order valence-corrected chi connectivity index (χ1v) is 6.86. The van der Waals surface area contributed by atoms with Crippen LogP contribution < -0.4 is 0 Å². The van der Waals surface area contributed by atoms with Crippen molar-refractivity contribution in [2.45, 2.75) is 38.3 Å². The molecule has 2 amide bonds. The normalized spacial score (nSPS) is 24.3. The third-order valence-corrected chi connectivity index (χ3v) is 3.94. The smallest absolute Gasteiger partial charge is 0.245 e. The van der Waals surface area contributed by atoms with Crippen LogP contribution in [0.5, 0.6) is 0 Å². The molecule has 19 heavy (non-hydrogen) atoms. The predicted octanol–water partition coefficient (Wildman–Crippen LogP) is 1.39. The maximum atomic E-state index is 12.5. The van der Waals surface area contributed by atoms with Gasteiger partial charge in [-0.25, -0.2) is 0 Å². The van der Waals surface area contributed by atoms with Crippen molar-refractivity contribution in [3.63, 3.8) is 0 Å². The number of carbonyl (C=O) groups is 2. The van der Waals surface area contributed by atoms with E-state index in [-0.39, 0.29) is 17.9 Å². The van der Waals surface area contributed by atoms with Crippen LogP contribution in [0.25, 0.3) is 0 Å². The Morgan fingerprint density at radius 1 is 1.26 bits per heavy atom. The van der Waals surface area contributed by atoms with Crippen LogP contribution in [0.3, 0.4) is 0 Å². The molecule has 0 aromatic carbocycles. The van der Waals surface area contributed by atoms with Gasteiger partial charge in [0.15, 0.2) is 0 Å². The van der Waals surface area contributed by atoms with Gasteiger partial charge in [-0.15, -0.1) is 0 Å². The lowest BCUT2D eigenvalue weighted by atomic mass is 10.0. The summed E-state index contributed by atoms with van der Waals surface area (Å²) in [7, 11) is 0. The fourth-order valence-corrected chi connectivity index (χ4v) is 2.93. The molecule has 2 fully saturated rings. The van der Waals surface area contributed by atoms with Gasteiger partial charge in [0.05, 0.1) is 12.8 Å². The van der Waals surface area contributed by atoms with Crippen LogP contribution in [0.15, 0.2) is 22.8 Å². The zero-order valence-electron chi connectivity index (χ0n) is 10.9. The van der Waals surface area contributed by atoms with Crippen molar-refractivity contribution < 1.29 is 14.0 Å². The molecule has 5 heteroatoms. The van der Waals surface area contributed by atoms with Gasteiger partial charge in [-0.3, -0.25) is 9.59 Å². The zero-order valence-corrected chi connectivity index (χ0v) is 10.9. The van der Waals surface area contributed by atoms with Crippen LogP contribution in [0.4, 0.5) is 0 Å². The van der Waals surface area contributed by atoms with Crippen molar-refractivity contribution in [1.82, 2.24) is 9.80 Å². The van der Waals surface area contributed by atoms with Gasteiger partial charge in [0.1, 0.15) is 11.8 Å². The van der Waals surface area contributed by atoms with Crippen molar-refractivity contribution in [1.29, 1.82) is 0 Å². The Bertz CT molecular complexity index is 469. The van der Waals surface area contributed by atoms with Gasteiger partial charge >= 0.3 is 0 Å². The first kappa shape index (κ1) is 12.3. The van der Waals surface area contributed by atoms with Crippen LogP contribution in [0.2, 0.25) is 0 Å². The van der Waals surface area contributed by atoms with E-state index in [9.17, 15) is 9.59 Å². The zero-order chi connectivity index (χ0) is 13.2. The summed E-state index contributed by atoms with van der Waals surface area (Å²) < 4.78 is 5.30. The van der Waals surface area contributed by atoms with Gasteiger partial charge < -0.3 is 14.2 Å². The summed E-state index contributed by atoms with van der Waals surface area (Å²) in [4.78, 5) is 28.1. The van der Waals surface area contributed by atoms with Crippen LogP contribution in [-0.4, -0.2) is 40.7 Å². The molecular weight excluding hydrogens is 244 g/mol. The molecule has 0 saturated carbocycles. The van der Waals surface area contributed by atoms with E-state index in [0.717, 1.165) is 31.6 Å². The Kier molecular flexibility index (Phi) is 3.27. The molecule has 1 aromatic heterocycles. The lowest BCUT2D eigenvalue weighted by Gasteiger charge is -2.34. The van der Waals surface area contributed by atoms with E-state index in [0.29, 0.717) is 19.5 Å². The summed E-state index contributed by atoms with van der Waals surface area (Å²) in [5.74, 6) is 0.951. The number of amides is 2. The van der Waals surface area contributed by atoms with Crippen LogP contribution in [0.1, 0.15) is 31.4 Å². The molecule has 0 N–H and O–H groups in total. The third-order valence-electron chi connectivity index (χ3n) is 3.94. The molecule has 3 heterocycles. The molecule has 2 aliphatic rings. The lowest BCUT2D eigenvalue weighted by Crippen LogP contribution is -2.49. The van der Waals surface area contributed by atoms with Gasteiger partial charge in [-0.05, 0) is 31.4 Å².